The molecule has 0 aliphatic heterocycles. The van der Waals surface area contributed by atoms with Gasteiger partial charge in [-0.15, -0.1) is 0 Å². The molecule has 19 heavy (non-hydrogen) atoms. The largest absolute Gasteiger partial charge is 0.468 e. The van der Waals surface area contributed by atoms with Crippen LogP contribution in [-0.2, 0) is 19.4 Å². The van der Waals surface area contributed by atoms with E-state index in [1.54, 1.807) is 0 Å². The van der Waals surface area contributed by atoms with Gasteiger partial charge in [-0.25, -0.2) is 8.42 Å². The normalized spacial score (nSPS) is 17.0. The first-order valence-corrected chi connectivity index (χ1v) is 7.95. The zero-order valence-corrected chi connectivity index (χ0v) is 12.4. The first-order valence-electron chi connectivity index (χ1n) is 5.64. The van der Waals surface area contributed by atoms with Crippen LogP contribution in [0, 0.1) is 5.92 Å². The van der Waals surface area contributed by atoms with Gasteiger partial charge in [0.2, 0.25) is 0 Å². The Bertz CT molecular complexity index is 608. The van der Waals surface area contributed by atoms with Gasteiger partial charge in [-0.2, -0.15) is 0 Å². The van der Waals surface area contributed by atoms with Crippen LogP contribution in [0.25, 0.3) is 0 Å². The molecule has 1 atom stereocenters. The maximum atomic E-state index is 12.5. The second-order valence-corrected chi connectivity index (χ2v) is 7.28. The fourth-order valence-corrected chi connectivity index (χ4v) is 4.63. The van der Waals surface area contributed by atoms with Crippen LogP contribution in [-0.4, -0.2) is 26.7 Å². The van der Waals surface area contributed by atoms with Gasteiger partial charge >= 0.3 is 5.97 Å². The van der Waals surface area contributed by atoms with Gasteiger partial charge in [0.25, 0.3) is 0 Å². The smallest absolute Gasteiger partial charge is 0.324 e. The Morgan fingerprint density at radius 3 is 2.53 bits per heavy atom. The molecule has 0 amide bonds. The minimum absolute atomic E-state index is 0.0546. The third-order valence-corrected chi connectivity index (χ3v) is 5.89. The quantitative estimate of drug-likeness (QED) is 0.800. The second kappa shape index (κ2) is 5.31. The first kappa shape index (κ1) is 14.6. The molecule has 1 aromatic rings. The predicted molar refractivity (Wildman–Crippen MR) is 72.2 cm³/mol. The van der Waals surface area contributed by atoms with Crippen LogP contribution in [0.5, 0.6) is 0 Å². The number of carbonyl (C=O) groups is 1. The van der Waals surface area contributed by atoms with Gasteiger partial charge in [0.15, 0.2) is 15.1 Å². The van der Waals surface area contributed by atoms with Crippen LogP contribution < -0.4 is 0 Å². The van der Waals surface area contributed by atoms with E-state index in [1.807, 2.05) is 0 Å². The molecule has 0 heterocycles. The molecule has 0 spiro atoms. The van der Waals surface area contributed by atoms with Crippen molar-refractivity contribution in [2.24, 2.45) is 5.92 Å². The second-order valence-electron chi connectivity index (χ2n) is 4.40. The zero-order valence-electron chi connectivity index (χ0n) is 10.1. The van der Waals surface area contributed by atoms with E-state index in [9.17, 15) is 13.2 Å². The highest BCUT2D eigenvalue weighted by Gasteiger charge is 2.47. The number of hydrogen-bond acceptors (Lipinski definition) is 4. The molecular weight excluding hydrogens is 311 g/mol. The molecule has 7 heteroatoms. The minimum atomic E-state index is -3.89. The van der Waals surface area contributed by atoms with E-state index >= 15 is 0 Å². The molecule has 1 aromatic carbocycles. The lowest BCUT2D eigenvalue weighted by atomic mass is 10.3. The van der Waals surface area contributed by atoms with Crippen LogP contribution in [0.4, 0.5) is 0 Å². The number of halogens is 2. The number of rotatable bonds is 4. The van der Waals surface area contributed by atoms with Gasteiger partial charge in [-0.05, 0) is 37.0 Å². The van der Waals surface area contributed by atoms with E-state index in [1.165, 1.54) is 25.3 Å². The summed E-state index contributed by atoms with van der Waals surface area (Å²) in [4.78, 5) is 11.6. The third-order valence-electron chi connectivity index (χ3n) is 3.02. The molecule has 0 N–H and O–H groups in total. The summed E-state index contributed by atoms with van der Waals surface area (Å²) >= 11 is 11.7. The molecule has 0 bridgehead atoms. The van der Waals surface area contributed by atoms with Crippen LogP contribution in [0.1, 0.15) is 12.8 Å². The average Bonchev–Trinajstić information content (AvgIpc) is 3.16. The highest BCUT2D eigenvalue weighted by Crippen LogP contribution is 2.40. The summed E-state index contributed by atoms with van der Waals surface area (Å²) in [5, 5.41) is -0.894. The lowest BCUT2D eigenvalue weighted by molar-refractivity contribution is -0.140. The lowest BCUT2D eigenvalue weighted by Crippen LogP contribution is -2.33. The minimum Gasteiger partial charge on any atom is -0.468 e. The molecule has 4 nitrogen and oxygen atoms in total. The third kappa shape index (κ3) is 2.88. The van der Waals surface area contributed by atoms with Crippen molar-refractivity contribution in [3.8, 4) is 0 Å². The summed E-state index contributed by atoms with van der Waals surface area (Å²) in [5.74, 6) is -0.953. The van der Waals surface area contributed by atoms with Crippen LogP contribution in [0.2, 0.25) is 10.0 Å². The lowest BCUT2D eigenvalue weighted by Gasteiger charge is -2.15. The van der Waals surface area contributed by atoms with E-state index in [2.05, 4.69) is 4.74 Å². The molecule has 0 saturated heterocycles. The van der Waals surface area contributed by atoms with Crippen molar-refractivity contribution in [1.29, 1.82) is 0 Å². The van der Waals surface area contributed by atoms with Crippen molar-refractivity contribution in [2.75, 3.05) is 7.11 Å². The maximum absolute atomic E-state index is 12.5. The molecule has 0 radical (unpaired) electrons. The van der Waals surface area contributed by atoms with Gasteiger partial charge < -0.3 is 4.74 Å². The molecule has 0 aromatic heterocycles. The van der Waals surface area contributed by atoms with Crippen molar-refractivity contribution in [3.05, 3.63) is 28.2 Å². The predicted octanol–water partition coefficient (Wildman–Crippen LogP) is 2.72. The van der Waals surface area contributed by atoms with Crippen LogP contribution in [0.15, 0.2) is 23.1 Å². The summed E-state index contributed by atoms with van der Waals surface area (Å²) in [5.41, 5.74) is 0. The Hall–Kier alpha value is -0.780. The topological polar surface area (TPSA) is 60.4 Å². The van der Waals surface area contributed by atoms with Gasteiger partial charge in [-0.3, -0.25) is 4.79 Å². The summed E-state index contributed by atoms with van der Waals surface area (Å²) < 4.78 is 29.7. The van der Waals surface area contributed by atoms with Gasteiger partial charge in [-0.1, -0.05) is 23.2 Å². The van der Waals surface area contributed by atoms with Crippen molar-refractivity contribution < 1.29 is 17.9 Å². The molecule has 1 aliphatic rings. The van der Waals surface area contributed by atoms with E-state index in [0.717, 1.165) is 0 Å². The summed E-state index contributed by atoms with van der Waals surface area (Å²) in [6.07, 6.45) is 1.38. The maximum Gasteiger partial charge on any atom is 0.324 e. The van der Waals surface area contributed by atoms with Gasteiger partial charge in [0.05, 0.1) is 17.0 Å². The Balaban J connectivity index is 2.50. The monoisotopic (exact) mass is 322 g/mol. The van der Waals surface area contributed by atoms with E-state index < -0.39 is 21.1 Å². The number of carbonyl (C=O) groups excluding carboxylic acids is 1. The van der Waals surface area contributed by atoms with Crippen molar-refractivity contribution in [1.82, 2.24) is 0 Å². The SMILES string of the molecule is COC(=O)C(C1CC1)S(=O)(=O)c1cc(Cl)ccc1Cl. The summed E-state index contributed by atoms with van der Waals surface area (Å²) in [7, 11) is -2.72. The number of ether oxygens (including phenoxy) is 1. The Labute approximate surface area is 121 Å². The number of sulfone groups is 1. The van der Waals surface area contributed by atoms with E-state index in [0.29, 0.717) is 12.8 Å². The van der Waals surface area contributed by atoms with Crippen LogP contribution in [0.3, 0.4) is 0 Å². The Morgan fingerprint density at radius 1 is 1.37 bits per heavy atom. The Morgan fingerprint density at radius 2 is 2.00 bits per heavy atom. The fourth-order valence-electron chi connectivity index (χ4n) is 1.92. The standard InChI is InChI=1S/C12H12Cl2O4S/c1-18-12(15)11(7-2-3-7)19(16,17)10-6-8(13)4-5-9(10)14/h4-7,11H,2-3H2,1H3. The van der Waals surface area contributed by atoms with Crippen molar-refractivity contribution in [2.45, 2.75) is 23.0 Å². The number of hydrogen-bond donors (Lipinski definition) is 0. The number of benzene rings is 1. The Kier molecular flexibility index (Phi) is 4.08. The van der Waals surface area contributed by atoms with E-state index in [4.69, 9.17) is 23.2 Å². The number of esters is 1. The molecule has 1 saturated carbocycles. The van der Waals surface area contributed by atoms with Gasteiger partial charge in [0.1, 0.15) is 0 Å². The molecule has 1 aliphatic carbocycles. The highest BCUT2D eigenvalue weighted by atomic mass is 35.5. The molecular formula is C12H12Cl2O4S. The molecule has 1 fully saturated rings. The van der Waals surface area contributed by atoms with E-state index in [-0.39, 0.29) is 20.9 Å². The zero-order chi connectivity index (χ0) is 14.2. The van der Waals surface area contributed by atoms with Gasteiger partial charge in [0, 0.05) is 5.02 Å². The highest BCUT2D eigenvalue weighted by molar-refractivity contribution is 7.93. The molecule has 104 valence electrons. The summed E-state index contributed by atoms with van der Waals surface area (Å²) in [6, 6.07) is 4.16. The molecule has 1 unspecified atom stereocenters. The fraction of sp³-hybridized carbons (Fsp3) is 0.417. The molecule has 2 rings (SSSR count). The average molecular weight is 323 g/mol. The van der Waals surface area contributed by atoms with Crippen molar-refractivity contribution in [3.63, 3.8) is 0 Å². The number of methoxy groups -OCH3 is 1. The summed E-state index contributed by atoms with van der Waals surface area (Å²) in [6.45, 7) is 0. The first-order chi connectivity index (χ1) is 8.87. The van der Waals surface area contributed by atoms with Crippen LogP contribution >= 0.6 is 23.2 Å². The van der Waals surface area contributed by atoms with Crippen molar-refractivity contribution >= 4 is 39.0 Å².